The Morgan fingerprint density at radius 2 is 1.74 bits per heavy atom. The zero-order valence-electron chi connectivity index (χ0n) is 11.1. The van der Waals surface area contributed by atoms with Crippen molar-refractivity contribution in [3.8, 4) is 0 Å². The molecule has 0 amide bonds. The van der Waals surface area contributed by atoms with E-state index in [4.69, 9.17) is 5.73 Å². The number of anilines is 1. The van der Waals surface area contributed by atoms with E-state index in [0.29, 0.717) is 12.6 Å². The molecular formula is C17H20N2. The van der Waals surface area contributed by atoms with Crippen LogP contribution in [0.2, 0.25) is 0 Å². The molecule has 0 spiro atoms. The molecule has 19 heavy (non-hydrogen) atoms. The minimum atomic E-state index is 0.394. The fourth-order valence-electron chi connectivity index (χ4n) is 2.95. The lowest BCUT2D eigenvalue weighted by Gasteiger charge is -2.29. The van der Waals surface area contributed by atoms with Gasteiger partial charge in [-0.3, -0.25) is 0 Å². The second kappa shape index (κ2) is 5.45. The van der Waals surface area contributed by atoms with Crippen molar-refractivity contribution in [2.75, 3.05) is 18.0 Å². The molecule has 2 aromatic rings. The molecule has 0 fully saturated rings. The van der Waals surface area contributed by atoms with Gasteiger partial charge >= 0.3 is 0 Å². The normalized spacial score (nSPS) is 15.3. The standard InChI is InChI=1S/C17H20N2/c18-13-16(12-14-6-2-1-3-7-14)19-11-10-15-8-4-5-9-17(15)19/h1-9,16H,10-13,18H2. The fourth-order valence-corrected chi connectivity index (χ4v) is 2.95. The molecule has 3 rings (SSSR count). The Labute approximate surface area is 114 Å². The van der Waals surface area contributed by atoms with Crippen LogP contribution in [-0.2, 0) is 12.8 Å². The van der Waals surface area contributed by atoms with E-state index in [1.807, 2.05) is 0 Å². The van der Waals surface area contributed by atoms with Crippen molar-refractivity contribution in [2.24, 2.45) is 5.73 Å². The summed E-state index contributed by atoms with van der Waals surface area (Å²) in [5, 5.41) is 0. The largest absolute Gasteiger partial charge is 0.366 e. The van der Waals surface area contributed by atoms with Crippen LogP contribution in [0.1, 0.15) is 11.1 Å². The van der Waals surface area contributed by atoms with Gasteiger partial charge in [0, 0.05) is 24.8 Å². The number of nitrogens with two attached hydrogens (primary N) is 1. The minimum Gasteiger partial charge on any atom is -0.366 e. The molecule has 0 aromatic heterocycles. The summed E-state index contributed by atoms with van der Waals surface area (Å²) in [7, 11) is 0. The second-order valence-electron chi connectivity index (χ2n) is 5.15. The van der Waals surface area contributed by atoms with Crippen LogP contribution in [-0.4, -0.2) is 19.1 Å². The van der Waals surface area contributed by atoms with Gasteiger partial charge in [0.2, 0.25) is 0 Å². The van der Waals surface area contributed by atoms with E-state index in [0.717, 1.165) is 19.4 Å². The Hall–Kier alpha value is -1.80. The molecule has 98 valence electrons. The zero-order chi connectivity index (χ0) is 13.1. The van der Waals surface area contributed by atoms with Gasteiger partial charge in [0.15, 0.2) is 0 Å². The quantitative estimate of drug-likeness (QED) is 0.906. The summed E-state index contributed by atoms with van der Waals surface area (Å²) in [4.78, 5) is 2.47. The Kier molecular flexibility index (Phi) is 3.51. The van der Waals surface area contributed by atoms with E-state index in [1.54, 1.807) is 0 Å². The van der Waals surface area contributed by atoms with Gasteiger partial charge in [0.1, 0.15) is 0 Å². The van der Waals surface area contributed by atoms with Crippen molar-refractivity contribution in [1.82, 2.24) is 0 Å². The van der Waals surface area contributed by atoms with Gasteiger partial charge in [0.25, 0.3) is 0 Å². The number of para-hydroxylation sites is 1. The highest BCUT2D eigenvalue weighted by Gasteiger charge is 2.24. The molecule has 1 unspecified atom stereocenters. The highest BCUT2D eigenvalue weighted by Crippen LogP contribution is 2.29. The van der Waals surface area contributed by atoms with Gasteiger partial charge in [-0.1, -0.05) is 48.5 Å². The Morgan fingerprint density at radius 3 is 2.53 bits per heavy atom. The number of benzene rings is 2. The maximum atomic E-state index is 6.02. The highest BCUT2D eigenvalue weighted by atomic mass is 15.2. The molecule has 1 atom stereocenters. The number of nitrogens with zero attached hydrogens (tertiary/aromatic N) is 1. The maximum Gasteiger partial charge on any atom is 0.0452 e. The van der Waals surface area contributed by atoms with Crippen molar-refractivity contribution in [1.29, 1.82) is 0 Å². The van der Waals surface area contributed by atoms with Crippen LogP contribution in [0, 0.1) is 0 Å². The molecule has 0 aliphatic carbocycles. The van der Waals surface area contributed by atoms with E-state index in [-0.39, 0.29) is 0 Å². The second-order valence-corrected chi connectivity index (χ2v) is 5.15. The summed E-state index contributed by atoms with van der Waals surface area (Å²) >= 11 is 0. The van der Waals surface area contributed by atoms with E-state index >= 15 is 0 Å². The summed E-state index contributed by atoms with van der Waals surface area (Å²) in [5.74, 6) is 0. The van der Waals surface area contributed by atoms with Crippen LogP contribution in [0.15, 0.2) is 54.6 Å². The van der Waals surface area contributed by atoms with Gasteiger partial charge in [-0.25, -0.2) is 0 Å². The van der Waals surface area contributed by atoms with Crippen molar-refractivity contribution >= 4 is 5.69 Å². The van der Waals surface area contributed by atoms with Crippen molar-refractivity contribution in [3.05, 3.63) is 65.7 Å². The van der Waals surface area contributed by atoms with Crippen molar-refractivity contribution in [3.63, 3.8) is 0 Å². The molecule has 2 N–H and O–H groups in total. The van der Waals surface area contributed by atoms with E-state index in [9.17, 15) is 0 Å². The fraction of sp³-hybridized carbons (Fsp3) is 0.294. The van der Waals surface area contributed by atoms with Crippen LogP contribution < -0.4 is 10.6 Å². The summed E-state index contributed by atoms with van der Waals surface area (Å²) < 4.78 is 0. The van der Waals surface area contributed by atoms with Crippen LogP contribution in [0.4, 0.5) is 5.69 Å². The van der Waals surface area contributed by atoms with Gasteiger partial charge in [-0.15, -0.1) is 0 Å². The van der Waals surface area contributed by atoms with Crippen molar-refractivity contribution in [2.45, 2.75) is 18.9 Å². The third-order valence-electron chi connectivity index (χ3n) is 3.95. The number of fused-ring (bicyclic) bond motifs is 1. The van der Waals surface area contributed by atoms with E-state index in [1.165, 1.54) is 16.8 Å². The molecule has 0 saturated heterocycles. The maximum absolute atomic E-state index is 6.02. The lowest BCUT2D eigenvalue weighted by molar-refractivity contribution is 0.610. The number of rotatable bonds is 4. The Morgan fingerprint density at radius 1 is 1.00 bits per heavy atom. The molecule has 0 radical (unpaired) electrons. The third-order valence-corrected chi connectivity index (χ3v) is 3.95. The van der Waals surface area contributed by atoms with Gasteiger partial charge in [-0.05, 0) is 30.0 Å². The number of hydrogen-bond donors (Lipinski definition) is 1. The molecular weight excluding hydrogens is 232 g/mol. The predicted molar refractivity (Wildman–Crippen MR) is 80.5 cm³/mol. The topological polar surface area (TPSA) is 29.3 Å². The molecule has 2 heteroatoms. The van der Waals surface area contributed by atoms with Crippen LogP contribution in [0.25, 0.3) is 0 Å². The van der Waals surface area contributed by atoms with Gasteiger partial charge < -0.3 is 10.6 Å². The van der Waals surface area contributed by atoms with Crippen LogP contribution in [0.3, 0.4) is 0 Å². The Bertz CT molecular complexity index is 536. The van der Waals surface area contributed by atoms with Gasteiger partial charge in [-0.2, -0.15) is 0 Å². The highest BCUT2D eigenvalue weighted by molar-refractivity contribution is 5.58. The Balaban J connectivity index is 1.81. The van der Waals surface area contributed by atoms with Crippen LogP contribution >= 0.6 is 0 Å². The lowest BCUT2D eigenvalue weighted by Crippen LogP contribution is -2.41. The third kappa shape index (κ3) is 2.49. The monoisotopic (exact) mass is 252 g/mol. The first-order valence-electron chi connectivity index (χ1n) is 6.97. The molecule has 2 nitrogen and oxygen atoms in total. The van der Waals surface area contributed by atoms with Gasteiger partial charge in [0.05, 0.1) is 0 Å². The SMILES string of the molecule is NCC(Cc1ccccc1)N1CCc2ccccc21. The molecule has 0 saturated carbocycles. The molecule has 0 bridgehead atoms. The molecule has 1 aliphatic heterocycles. The summed E-state index contributed by atoms with van der Waals surface area (Å²) in [6.07, 6.45) is 2.16. The summed E-state index contributed by atoms with van der Waals surface area (Å²) in [6, 6.07) is 19.7. The van der Waals surface area contributed by atoms with Crippen LogP contribution in [0.5, 0.6) is 0 Å². The van der Waals surface area contributed by atoms with E-state index in [2.05, 4.69) is 59.5 Å². The smallest absolute Gasteiger partial charge is 0.0452 e. The predicted octanol–water partition coefficient (Wildman–Crippen LogP) is 2.62. The molecule has 2 aromatic carbocycles. The molecule has 1 heterocycles. The number of hydrogen-bond acceptors (Lipinski definition) is 2. The average Bonchev–Trinajstić information content (AvgIpc) is 2.90. The van der Waals surface area contributed by atoms with E-state index < -0.39 is 0 Å². The summed E-state index contributed by atoms with van der Waals surface area (Å²) in [5.41, 5.74) is 10.2. The molecule has 1 aliphatic rings. The lowest BCUT2D eigenvalue weighted by atomic mass is 10.0. The average molecular weight is 252 g/mol. The zero-order valence-corrected chi connectivity index (χ0v) is 11.1. The summed E-state index contributed by atoms with van der Waals surface area (Å²) in [6.45, 7) is 1.79. The first kappa shape index (κ1) is 12.2. The first-order chi connectivity index (χ1) is 9.38. The van der Waals surface area contributed by atoms with Crippen molar-refractivity contribution < 1.29 is 0 Å². The minimum absolute atomic E-state index is 0.394. The first-order valence-corrected chi connectivity index (χ1v) is 6.97.